The normalized spacial score (nSPS) is 13.9. The van der Waals surface area contributed by atoms with E-state index in [0.29, 0.717) is 6.54 Å². The number of nitrogens with two attached hydrogens (primary N) is 1. The molecule has 1 heterocycles. The average molecular weight is 240 g/mol. The average Bonchev–Trinajstić information content (AvgIpc) is 2.71. The lowest BCUT2D eigenvalue weighted by Gasteiger charge is -2.23. The number of nitriles is 1. The van der Waals surface area contributed by atoms with Crippen LogP contribution in [0.5, 0.6) is 0 Å². The van der Waals surface area contributed by atoms with Gasteiger partial charge in [-0.15, -0.1) is 0 Å². The van der Waals surface area contributed by atoms with Crippen LogP contribution in [0.3, 0.4) is 0 Å². The Morgan fingerprint density at radius 1 is 1.33 bits per heavy atom. The molecule has 0 aliphatic heterocycles. The summed E-state index contributed by atoms with van der Waals surface area (Å²) in [4.78, 5) is 4.23. The van der Waals surface area contributed by atoms with Crippen LogP contribution in [-0.2, 0) is 12.1 Å². The summed E-state index contributed by atoms with van der Waals surface area (Å²) < 4.78 is 1.92. The smallest absolute Gasteiger partial charge is 0.147 e. The molecule has 2 N–H and O–H groups in total. The second-order valence-electron chi connectivity index (χ2n) is 4.49. The van der Waals surface area contributed by atoms with E-state index in [1.807, 2.05) is 48.7 Å². The molecule has 1 aromatic carbocycles. The van der Waals surface area contributed by atoms with Crippen molar-refractivity contribution in [1.82, 2.24) is 9.55 Å². The maximum Gasteiger partial charge on any atom is 0.147 e. The van der Waals surface area contributed by atoms with Gasteiger partial charge in [-0.25, -0.2) is 4.98 Å². The molecule has 2 rings (SSSR count). The zero-order valence-electron chi connectivity index (χ0n) is 10.6. The third-order valence-corrected chi connectivity index (χ3v) is 3.25. The molecule has 0 spiro atoms. The summed E-state index contributed by atoms with van der Waals surface area (Å²) in [5, 5.41) is 9.39. The fraction of sp³-hybridized carbons (Fsp3) is 0.286. The van der Waals surface area contributed by atoms with Gasteiger partial charge in [-0.05, 0) is 19.4 Å². The van der Waals surface area contributed by atoms with E-state index in [4.69, 9.17) is 5.73 Å². The van der Waals surface area contributed by atoms with Crippen LogP contribution in [0, 0.1) is 25.2 Å². The van der Waals surface area contributed by atoms with Crippen LogP contribution in [-0.4, -0.2) is 9.55 Å². The molecule has 1 atom stereocenters. The fourth-order valence-electron chi connectivity index (χ4n) is 1.90. The lowest BCUT2D eigenvalue weighted by molar-refractivity contribution is 0.467. The monoisotopic (exact) mass is 240 g/mol. The molecular formula is C14H16N4. The van der Waals surface area contributed by atoms with E-state index < -0.39 is 5.54 Å². The van der Waals surface area contributed by atoms with Gasteiger partial charge in [0, 0.05) is 5.69 Å². The van der Waals surface area contributed by atoms with Crippen molar-refractivity contribution in [3.63, 3.8) is 0 Å². The molecule has 0 amide bonds. The Morgan fingerprint density at radius 3 is 2.50 bits per heavy atom. The molecule has 92 valence electrons. The number of aryl methyl sites for hydroxylation is 1. The van der Waals surface area contributed by atoms with Gasteiger partial charge in [-0.2, -0.15) is 5.26 Å². The Morgan fingerprint density at radius 2 is 2.00 bits per heavy atom. The van der Waals surface area contributed by atoms with E-state index in [1.54, 1.807) is 6.33 Å². The number of nitrogens with zero attached hydrogens (tertiary/aromatic N) is 3. The SMILES string of the molecule is Cc1ncn(CC(N)(C#N)c2ccccc2)c1C. The Labute approximate surface area is 107 Å². The summed E-state index contributed by atoms with van der Waals surface area (Å²) in [6.45, 7) is 4.32. The Kier molecular flexibility index (Phi) is 3.17. The second-order valence-corrected chi connectivity index (χ2v) is 4.49. The first-order chi connectivity index (χ1) is 8.57. The first-order valence-corrected chi connectivity index (χ1v) is 5.81. The number of hydrogen-bond acceptors (Lipinski definition) is 3. The van der Waals surface area contributed by atoms with Crippen molar-refractivity contribution in [2.45, 2.75) is 25.9 Å². The number of aromatic nitrogens is 2. The van der Waals surface area contributed by atoms with Crippen molar-refractivity contribution in [3.8, 4) is 6.07 Å². The molecule has 4 nitrogen and oxygen atoms in total. The number of benzene rings is 1. The number of rotatable bonds is 3. The second kappa shape index (κ2) is 4.63. The molecule has 4 heteroatoms. The molecule has 0 radical (unpaired) electrons. The lowest BCUT2D eigenvalue weighted by atomic mass is 9.92. The third kappa shape index (κ3) is 2.13. The van der Waals surface area contributed by atoms with Crippen LogP contribution in [0.25, 0.3) is 0 Å². The van der Waals surface area contributed by atoms with Crippen molar-refractivity contribution in [2.75, 3.05) is 0 Å². The van der Waals surface area contributed by atoms with E-state index in [1.165, 1.54) is 0 Å². The molecule has 0 aliphatic rings. The summed E-state index contributed by atoms with van der Waals surface area (Å²) in [5.74, 6) is 0. The Balaban J connectivity index is 2.36. The molecular weight excluding hydrogens is 224 g/mol. The van der Waals surface area contributed by atoms with Gasteiger partial charge in [0.1, 0.15) is 5.54 Å². The topological polar surface area (TPSA) is 67.6 Å². The highest BCUT2D eigenvalue weighted by Crippen LogP contribution is 2.20. The molecule has 1 unspecified atom stereocenters. The third-order valence-electron chi connectivity index (χ3n) is 3.25. The lowest BCUT2D eigenvalue weighted by Crippen LogP contribution is -2.39. The minimum Gasteiger partial charge on any atom is -0.331 e. The highest BCUT2D eigenvalue weighted by atomic mass is 15.1. The van der Waals surface area contributed by atoms with E-state index in [2.05, 4.69) is 11.1 Å². The number of hydrogen-bond donors (Lipinski definition) is 1. The van der Waals surface area contributed by atoms with Gasteiger partial charge in [0.15, 0.2) is 0 Å². The van der Waals surface area contributed by atoms with Gasteiger partial charge < -0.3 is 10.3 Å². The zero-order valence-corrected chi connectivity index (χ0v) is 10.6. The molecule has 0 saturated heterocycles. The van der Waals surface area contributed by atoms with Crippen LogP contribution in [0.2, 0.25) is 0 Å². The molecule has 0 saturated carbocycles. The van der Waals surface area contributed by atoms with E-state index in [0.717, 1.165) is 17.0 Å². The maximum atomic E-state index is 9.39. The van der Waals surface area contributed by atoms with Gasteiger partial charge in [-0.3, -0.25) is 0 Å². The van der Waals surface area contributed by atoms with Gasteiger partial charge in [-0.1, -0.05) is 30.3 Å². The van der Waals surface area contributed by atoms with Gasteiger partial charge in [0.05, 0.1) is 24.6 Å². The van der Waals surface area contributed by atoms with Crippen LogP contribution < -0.4 is 5.73 Å². The van der Waals surface area contributed by atoms with Crippen molar-refractivity contribution < 1.29 is 0 Å². The Hall–Kier alpha value is -2.12. The van der Waals surface area contributed by atoms with E-state index in [9.17, 15) is 5.26 Å². The van der Waals surface area contributed by atoms with Crippen molar-refractivity contribution in [3.05, 3.63) is 53.6 Å². The van der Waals surface area contributed by atoms with Crippen molar-refractivity contribution in [1.29, 1.82) is 5.26 Å². The molecule has 0 bridgehead atoms. The summed E-state index contributed by atoms with van der Waals surface area (Å²) in [6, 6.07) is 11.7. The Bertz CT molecular complexity index is 580. The number of imidazole rings is 1. The summed E-state index contributed by atoms with van der Waals surface area (Å²) in [7, 11) is 0. The summed E-state index contributed by atoms with van der Waals surface area (Å²) >= 11 is 0. The van der Waals surface area contributed by atoms with E-state index in [-0.39, 0.29) is 0 Å². The first-order valence-electron chi connectivity index (χ1n) is 5.81. The molecule has 0 fully saturated rings. The standard InChI is InChI=1S/C14H16N4/c1-11-12(2)18(10-17-11)9-14(16,8-15)13-6-4-3-5-7-13/h3-7,10H,9,16H2,1-2H3. The molecule has 18 heavy (non-hydrogen) atoms. The van der Waals surface area contributed by atoms with Crippen LogP contribution in [0.4, 0.5) is 0 Å². The minimum absolute atomic E-state index is 0.403. The quantitative estimate of drug-likeness (QED) is 0.890. The fourth-order valence-corrected chi connectivity index (χ4v) is 1.90. The molecule has 2 aromatic rings. The first kappa shape index (κ1) is 12.3. The van der Waals surface area contributed by atoms with Crippen molar-refractivity contribution >= 4 is 0 Å². The summed E-state index contributed by atoms with van der Waals surface area (Å²) in [5.41, 5.74) is 8.01. The molecule has 0 aliphatic carbocycles. The van der Waals surface area contributed by atoms with Crippen LogP contribution in [0.1, 0.15) is 17.0 Å². The van der Waals surface area contributed by atoms with E-state index >= 15 is 0 Å². The molecule has 1 aromatic heterocycles. The zero-order chi connectivity index (χ0) is 13.2. The highest BCUT2D eigenvalue weighted by Gasteiger charge is 2.28. The van der Waals surface area contributed by atoms with Crippen LogP contribution >= 0.6 is 0 Å². The van der Waals surface area contributed by atoms with Gasteiger partial charge in [0.25, 0.3) is 0 Å². The van der Waals surface area contributed by atoms with Gasteiger partial charge >= 0.3 is 0 Å². The summed E-state index contributed by atoms with van der Waals surface area (Å²) in [6.07, 6.45) is 1.73. The highest BCUT2D eigenvalue weighted by molar-refractivity contribution is 5.30. The minimum atomic E-state index is -1.03. The predicted octanol–water partition coefficient (Wildman–Crippen LogP) is 1.88. The van der Waals surface area contributed by atoms with Gasteiger partial charge in [0.2, 0.25) is 0 Å². The largest absolute Gasteiger partial charge is 0.331 e. The van der Waals surface area contributed by atoms with Crippen molar-refractivity contribution in [2.24, 2.45) is 5.73 Å². The van der Waals surface area contributed by atoms with Crippen LogP contribution in [0.15, 0.2) is 36.7 Å². The predicted molar refractivity (Wildman–Crippen MR) is 69.6 cm³/mol. The maximum absolute atomic E-state index is 9.39.